The van der Waals surface area contributed by atoms with Crippen molar-refractivity contribution in [3.63, 3.8) is 0 Å². The van der Waals surface area contributed by atoms with Gasteiger partial charge in [0.25, 0.3) is 0 Å². The smallest absolute Gasteiger partial charge is 0.338 e. The van der Waals surface area contributed by atoms with Gasteiger partial charge in [0.05, 0.1) is 11.2 Å². The highest BCUT2D eigenvalue weighted by Gasteiger charge is 2.76. The summed E-state index contributed by atoms with van der Waals surface area (Å²) in [7, 11) is 0. The van der Waals surface area contributed by atoms with Crippen molar-refractivity contribution in [2.75, 3.05) is 0 Å². The molecule has 4 fully saturated rings. The largest absolute Gasteiger partial charge is 0.463 e. The maximum atomic E-state index is 13.7. The average molecular weight is 599 g/mol. The molecule has 43 heavy (non-hydrogen) atoms. The SMILES string of the molecule is CC(=O)OC1CC[C@@]2(C)C(CC[C@@H]3[C@@H]2C(OC(=O)c2ccccc2)C(OC(C)=O)[C@]2(C)[C@@H](C(C)OC(C)=O)CC[C@@]32O)C1. The number of hydrogen-bond acceptors (Lipinski definition) is 9. The highest BCUT2D eigenvalue weighted by atomic mass is 16.6. The van der Waals surface area contributed by atoms with Crippen LogP contribution in [0.1, 0.15) is 96.8 Å². The minimum absolute atomic E-state index is 0.160. The van der Waals surface area contributed by atoms with Gasteiger partial charge < -0.3 is 24.1 Å². The summed E-state index contributed by atoms with van der Waals surface area (Å²) in [4.78, 5) is 50.4. The van der Waals surface area contributed by atoms with E-state index in [9.17, 15) is 24.3 Å². The lowest BCUT2D eigenvalue weighted by atomic mass is 9.41. The third-order valence-electron chi connectivity index (χ3n) is 11.7. The van der Waals surface area contributed by atoms with Gasteiger partial charge in [-0.2, -0.15) is 0 Å². The van der Waals surface area contributed by atoms with Crippen molar-refractivity contribution in [3.8, 4) is 0 Å². The Bertz CT molecular complexity index is 1250. The number of ether oxygens (including phenoxy) is 4. The van der Waals surface area contributed by atoms with Gasteiger partial charge in [0.15, 0.2) is 0 Å². The fourth-order valence-corrected chi connectivity index (χ4v) is 9.94. The van der Waals surface area contributed by atoms with Crippen LogP contribution in [0.15, 0.2) is 30.3 Å². The van der Waals surface area contributed by atoms with Gasteiger partial charge in [0, 0.05) is 38.0 Å². The molecule has 5 unspecified atom stereocenters. The maximum absolute atomic E-state index is 13.7. The molecule has 5 rings (SSSR count). The maximum Gasteiger partial charge on any atom is 0.338 e. The van der Waals surface area contributed by atoms with E-state index < -0.39 is 47.2 Å². The number of hydrogen-bond donors (Lipinski definition) is 1. The Morgan fingerprint density at radius 2 is 1.53 bits per heavy atom. The molecule has 0 heterocycles. The molecule has 9 nitrogen and oxygen atoms in total. The normalized spacial score (nSPS) is 40.6. The predicted octanol–water partition coefficient (Wildman–Crippen LogP) is 5.02. The van der Waals surface area contributed by atoms with Gasteiger partial charge in [-0.15, -0.1) is 0 Å². The van der Waals surface area contributed by atoms with Crippen molar-refractivity contribution in [1.29, 1.82) is 0 Å². The van der Waals surface area contributed by atoms with Crippen LogP contribution in [-0.4, -0.2) is 59.0 Å². The van der Waals surface area contributed by atoms with Gasteiger partial charge in [0.2, 0.25) is 0 Å². The molecule has 11 atom stereocenters. The number of benzene rings is 1. The second-order valence-corrected chi connectivity index (χ2v) is 13.9. The van der Waals surface area contributed by atoms with Gasteiger partial charge >= 0.3 is 23.9 Å². The Hall–Kier alpha value is -2.94. The molecule has 0 amide bonds. The highest BCUT2D eigenvalue weighted by Crippen LogP contribution is 2.70. The number of fused-ring (bicyclic) bond motifs is 5. The Morgan fingerprint density at radius 1 is 0.860 bits per heavy atom. The van der Waals surface area contributed by atoms with Crippen LogP contribution in [0.2, 0.25) is 0 Å². The first-order valence-electron chi connectivity index (χ1n) is 15.7. The number of aliphatic hydroxyl groups is 1. The molecular formula is C34H46O9. The average Bonchev–Trinajstić information content (AvgIpc) is 3.22. The summed E-state index contributed by atoms with van der Waals surface area (Å²) in [6, 6.07) is 8.75. The molecule has 1 aromatic rings. The van der Waals surface area contributed by atoms with E-state index in [0.717, 1.165) is 6.42 Å². The third kappa shape index (κ3) is 5.25. The summed E-state index contributed by atoms with van der Waals surface area (Å²) in [6.07, 6.45) is 2.04. The van der Waals surface area contributed by atoms with Crippen LogP contribution in [0, 0.1) is 34.5 Å². The third-order valence-corrected chi connectivity index (χ3v) is 11.7. The molecule has 0 aromatic heterocycles. The topological polar surface area (TPSA) is 125 Å². The van der Waals surface area contributed by atoms with Crippen molar-refractivity contribution in [3.05, 3.63) is 35.9 Å². The van der Waals surface area contributed by atoms with Crippen molar-refractivity contribution in [1.82, 2.24) is 0 Å². The Labute approximate surface area is 254 Å². The molecule has 0 bridgehead atoms. The first-order chi connectivity index (χ1) is 20.2. The molecule has 4 saturated carbocycles. The van der Waals surface area contributed by atoms with E-state index in [1.54, 1.807) is 24.3 Å². The summed E-state index contributed by atoms with van der Waals surface area (Å²) in [5.74, 6) is -2.52. The van der Waals surface area contributed by atoms with Gasteiger partial charge in [0.1, 0.15) is 24.4 Å². The minimum atomic E-state index is -1.26. The van der Waals surface area contributed by atoms with E-state index in [1.165, 1.54) is 20.8 Å². The van der Waals surface area contributed by atoms with Crippen molar-refractivity contribution in [2.45, 2.75) is 117 Å². The Kier molecular flexibility index (Phi) is 8.44. The molecule has 1 N–H and O–H groups in total. The molecule has 0 spiro atoms. The summed E-state index contributed by atoms with van der Waals surface area (Å²) in [6.45, 7) is 10.1. The Balaban J connectivity index is 1.63. The molecule has 4 aliphatic carbocycles. The predicted molar refractivity (Wildman–Crippen MR) is 155 cm³/mol. The lowest BCUT2D eigenvalue weighted by Gasteiger charge is -2.67. The zero-order valence-electron chi connectivity index (χ0n) is 26.2. The van der Waals surface area contributed by atoms with Gasteiger partial charge in [-0.3, -0.25) is 14.4 Å². The van der Waals surface area contributed by atoms with Crippen LogP contribution in [0.4, 0.5) is 0 Å². The van der Waals surface area contributed by atoms with Crippen LogP contribution in [0.5, 0.6) is 0 Å². The summed E-state index contributed by atoms with van der Waals surface area (Å²) in [5.41, 5.74) is -2.31. The van der Waals surface area contributed by atoms with Gasteiger partial charge in [-0.25, -0.2) is 4.79 Å². The fraction of sp³-hybridized carbons (Fsp3) is 0.706. The molecule has 0 aliphatic heterocycles. The van der Waals surface area contributed by atoms with E-state index in [0.29, 0.717) is 44.1 Å². The second kappa shape index (κ2) is 11.5. The van der Waals surface area contributed by atoms with E-state index >= 15 is 0 Å². The lowest BCUT2D eigenvalue weighted by Crippen LogP contribution is -2.73. The molecular weight excluding hydrogens is 552 g/mol. The number of esters is 4. The fourth-order valence-electron chi connectivity index (χ4n) is 9.94. The molecule has 1 aromatic carbocycles. The number of rotatable bonds is 6. The van der Waals surface area contributed by atoms with E-state index in [2.05, 4.69) is 6.92 Å². The number of carbonyl (C=O) groups excluding carboxylic acids is 4. The standard InChI is InChI=1S/C34H46O9/c1-19(40-20(2)35)26-15-17-34(39)27-13-12-24-18-25(41-21(3)36)14-16-32(24,5)28(27)29(30(33(26,34)6)42-22(4)37)43-31(38)23-10-8-7-9-11-23/h7-11,19,24-30,39H,12-18H2,1-6H3/t19?,24?,25?,26-,27-,28-,29?,30?,32+,33+,34-/m1/s1. The first kappa shape index (κ1) is 31.5. The highest BCUT2D eigenvalue weighted by molar-refractivity contribution is 5.89. The van der Waals surface area contributed by atoms with Gasteiger partial charge in [-0.1, -0.05) is 32.0 Å². The van der Waals surface area contributed by atoms with Crippen LogP contribution < -0.4 is 0 Å². The summed E-state index contributed by atoms with van der Waals surface area (Å²) < 4.78 is 24.0. The van der Waals surface area contributed by atoms with Crippen molar-refractivity contribution < 1.29 is 43.2 Å². The monoisotopic (exact) mass is 598 g/mol. The first-order valence-corrected chi connectivity index (χ1v) is 15.7. The summed E-state index contributed by atoms with van der Waals surface area (Å²) in [5, 5.41) is 12.9. The van der Waals surface area contributed by atoms with Crippen molar-refractivity contribution in [2.24, 2.45) is 34.5 Å². The van der Waals surface area contributed by atoms with E-state index in [4.69, 9.17) is 18.9 Å². The Morgan fingerprint density at radius 3 is 2.16 bits per heavy atom. The van der Waals surface area contributed by atoms with Crippen LogP contribution in [0.25, 0.3) is 0 Å². The molecule has 4 aliphatic rings. The minimum Gasteiger partial charge on any atom is -0.463 e. The molecule has 9 heteroatoms. The lowest BCUT2D eigenvalue weighted by molar-refractivity contribution is -0.292. The van der Waals surface area contributed by atoms with Crippen LogP contribution in [-0.2, 0) is 33.3 Å². The zero-order chi connectivity index (χ0) is 31.3. The zero-order valence-corrected chi connectivity index (χ0v) is 26.2. The van der Waals surface area contributed by atoms with E-state index in [-0.39, 0.29) is 41.2 Å². The van der Waals surface area contributed by atoms with E-state index in [1.807, 2.05) is 19.9 Å². The second-order valence-electron chi connectivity index (χ2n) is 13.9. The van der Waals surface area contributed by atoms with Crippen LogP contribution in [0.3, 0.4) is 0 Å². The number of carbonyl (C=O) groups is 4. The summed E-state index contributed by atoms with van der Waals surface area (Å²) >= 11 is 0. The molecule has 236 valence electrons. The quantitative estimate of drug-likeness (QED) is 0.355. The molecule has 0 saturated heterocycles. The van der Waals surface area contributed by atoms with Gasteiger partial charge in [-0.05, 0) is 81.3 Å². The van der Waals surface area contributed by atoms with Crippen LogP contribution >= 0.6 is 0 Å². The molecule has 0 radical (unpaired) electrons. The van der Waals surface area contributed by atoms with Crippen molar-refractivity contribution >= 4 is 23.9 Å².